The number of carbonyl (C=O) groups is 2. The molecular weight excluding hydrogens is 196 g/mol. The lowest BCUT2D eigenvalue weighted by atomic mass is 10.2. The average molecular weight is 214 g/mol. The number of nitrogens with zero attached hydrogens (tertiary/aromatic N) is 1. The van der Waals surface area contributed by atoms with Gasteiger partial charge in [0.1, 0.15) is 6.04 Å². The molecule has 15 heavy (non-hydrogen) atoms. The second kappa shape index (κ2) is 5.67. The fourth-order valence-corrected chi connectivity index (χ4v) is 1.34. The van der Waals surface area contributed by atoms with E-state index >= 15 is 0 Å². The van der Waals surface area contributed by atoms with Gasteiger partial charge in [-0.15, -0.1) is 0 Å². The van der Waals surface area contributed by atoms with Crippen LogP contribution in [0.4, 0.5) is 0 Å². The molecule has 6 heteroatoms. The van der Waals surface area contributed by atoms with Crippen LogP contribution in [0.15, 0.2) is 0 Å². The molecule has 1 unspecified atom stereocenters. The summed E-state index contributed by atoms with van der Waals surface area (Å²) in [7, 11) is 3.98. The van der Waals surface area contributed by atoms with Crippen molar-refractivity contribution >= 4 is 11.8 Å². The first-order chi connectivity index (χ1) is 7.09. The Labute approximate surface area is 89.4 Å². The first-order valence-electron chi connectivity index (χ1n) is 5.06. The van der Waals surface area contributed by atoms with Crippen molar-refractivity contribution in [2.75, 3.05) is 27.2 Å². The lowest BCUT2D eigenvalue weighted by molar-refractivity contribution is -0.124. The predicted molar refractivity (Wildman–Crippen MR) is 55.9 cm³/mol. The van der Waals surface area contributed by atoms with Gasteiger partial charge >= 0.3 is 0 Å². The van der Waals surface area contributed by atoms with E-state index < -0.39 is 6.04 Å². The summed E-state index contributed by atoms with van der Waals surface area (Å²) in [4.78, 5) is 24.3. The SMILES string of the molecule is CN(C)CCCNC(=O)C1CC(=O)NN1. The highest BCUT2D eigenvalue weighted by atomic mass is 16.2. The second-order valence-corrected chi connectivity index (χ2v) is 3.90. The summed E-state index contributed by atoms with van der Waals surface area (Å²) in [6.07, 6.45) is 1.13. The lowest BCUT2D eigenvalue weighted by Gasteiger charge is -2.11. The Balaban J connectivity index is 2.11. The maximum Gasteiger partial charge on any atom is 0.239 e. The van der Waals surface area contributed by atoms with E-state index in [1.54, 1.807) is 0 Å². The number of carbonyl (C=O) groups excluding carboxylic acids is 2. The molecule has 0 aliphatic carbocycles. The van der Waals surface area contributed by atoms with Crippen LogP contribution in [-0.4, -0.2) is 49.9 Å². The van der Waals surface area contributed by atoms with Crippen LogP contribution >= 0.6 is 0 Å². The van der Waals surface area contributed by atoms with Crippen LogP contribution in [0.2, 0.25) is 0 Å². The fraction of sp³-hybridized carbons (Fsp3) is 0.778. The third kappa shape index (κ3) is 4.26. The summed E-state index contributed by atoms with van der Waals surface area (Å²) in [5.41, 5.74) is 5.03. The average Bonchev–Trinajstić information content (AvgIpc) is 2.59. The fourth-order valence-electron chi connectivity index (χ4n) is 1.34. The van der Waals surface area contributed by atoms with Crippen molar-refractivity contribution in [2.24, 2.45) is 0 Å². The Morgan fingerprint density at radius 2 is 2.33 bits per heavy atom. The maximum absolute atomic E-state index is 11.5. The summed E-state index contributed by atoms with van der Waals surface area (Å²) in [6.45, 7) is 1.58. The maximum atomic E-state index is 11.5. The molecule has 1 fully saturated rings. The standard InChI is InChI=1S/C9H18N4O2/c1-13(2)5-3-4-10-9(15)7-6-8(14)12-11-7/h7,11H,3-6H2,1-2H3,(H,10,15)(H,12,14). The highest BCUT2D eigenvalue weighted by molar-refractivity contribution is 5.90. The Kier molecular flexibility index (Phi) is 4.51. The van der Waals surface area contributed by atoms with Gasteiger partial charge in [0.2, 0.25) is 11.8 Å². The minimum absolute atomic E-state index is 0.118. The monoisotopic (exact) mass is 214 g/mol. The van der Waals surface area contributed by atoms with Gasteiger partial charge < -0.3 is 10.2 Å². The smallest absolute Gasteiger partial charge is 0.239 e. The molecule has 0 aromatic heterocycles. The van der Waals surface area contributed by atoms with Gasteiger partial charge in [-0.2, -0.15) is 0 Å². The van der Waals surface area contributed by atoms with E-state index in [0.29, 0.717) is 6.54 Å². The zero-order valence-corrected chi connectivity index (χ0v) is 9.17. The molecule has 1 heterocycles. The number of hydrazine groups is 1. The third-order valence-electron chi connectivity index (χ3n) is 2.17. The summed E-state index contributed by atoms with van der Waals surface area (Å²) in [5, 5.41) is 2.78. The van der Waals surface area contributed by atoms with Crippen molar-refractivity contribution in [2.45, 2.75) is 18.9 Å². The minimum Gasteiger partial charge on any atom is -0.355 e. The molecule has 1 atom stereocenters. The van der Waals surface area contributed by atoms with Crippen molar-refractivity contribution < 1.29 is 9.59 Å². The van der Waals surface area contributed by atoms with E-state index in [2.05, 4.69) is 21.1 Å². The summed E-state index contributed by atoms with van der Waals surface area (Å²) in [6, 6.07) is -0.420. The predicted octanol–water partition coefficient (Wildman–Crippen LogP) is -1.55. The molecule has 3 N–H and O–H groups in total. The number of nitrogens with one attached hydrogen (secondary N) is 3. The van der Waals surface area contributed by atoms with Crippen LogP contribution < -0.4 is 16.2 Å². The van der Waals surface area contributed by atoms with Crippen molar-refractivity contribution in [3.63, 3.8) is 0 Å². The van der Waals surface area contributed by atoms with Crippen LogP contribution in [-0.2, 0) is 9.59 Å². The molecule has 0 aromatic carbocycles. The Morgan fingerprint density at radius 1 is 1.60 bits per heavy atom. The van der Waals surface area contributed by atoms with Crippen LogP contribution in [0, 0.1) is 0 Å². The molecule has 0 bridgehead atoms. The van der Waals surface area contributed by atoms with E-state index in [4.69, 9.17) is 0 Å². The largest absolute Gasteiger partial charge is 0.355 e. The Bertz CT molecular complexity index is 242. The molecule has 1 rings (SSSR count). The van der Waals surface area contributed by atoms with Crippen LogP contribution in [0.25, 0.3) is 0 Å². The molecule has 0 radical (unpaired) electrons. The van der Waals surface area contributed by atoms with Crippen molar-refractivity contribution in [3.8, 4) is 0 Å². The van der Waals surface area contributed by atoms with E-state index in [1.807, 2.05) is 14.1 Å². The van der Waals surface area contributed by atoms with Gasteiger partial charge in [0, 0.05) is 6.54 Å². The third-order valence-corrected chi connectivity index (χ3v) is 2.17. The molecule has 0 aromatic rings. The molecule has 1 saturated heterocycles. The quantitative estimate of drug-likeness (QED) is 0.484. The van der Waals surface area contributed by atoms with Crippen LogP contribution in [0.3, 0.4) is 0 Å². The molecule has 6 nitrogen and oxygen atoms in total. The first kappa shape index (κ1) is 11.9. The van der Waals surface area contributed by atoms with Gasteiger partial charge in [-0.05, 0) is 27.1 Å². The second-order valence-electron chi connectivity index (χ2n) is 3.90. The van der Waals surface area contributed by atoms with Crippen LogP contribution in [0.5, 0.6) is 0 Å². The topological polar surface area (TPSA) is 73.5 Å². The van der Waals surface area contributed by atoms with Gasteiger partial charge in [0.25, 0.3) is 0 Å². The minimum atomic E-state index is -0.420. The molecule has 86 valence electrons. The normalized spacial score (nSPS) is 20.5. The molecule has 1 aliphatic heterocycles. The van der Waals surface area contributed by atoms with Gasteiger partial charge in [-0.3, -0.25) is 15.0 Å². The highest BCUT2D eigenvalue weighted by Gasteiger charge is 2.26. The number of hydrogen-bond acceptors (Lipinski definition) is 4. The number of rotatable bonds is 5. The Hall–Kier alpha value is -1.14. The molecule has 2 amide bonds. The van der Waals surface area contributed by atoms with Gasteiger partial charge in [-0.25, -0.2) is 5.43 Å². The van der Waals surface area contributed by atoms with Gasteiger partial charge in [-0.1, -0.05) is 0 Å². The molecule has 0 spiro atoms. The Morgan fingerprint density at radius 3 is 2.87 bits per heavy atom. The zero-order chi connectivity index (χ0) is 11.3. The van der Waals surface area contributed by atoms with E-state index in [0.717, 1.165) is 13.0 Å². The zero-order valence-electron chi connectivity index (χ0n) is 9.17. The molecule has 1 aliphatic rings. The molecular formula is C9H18N4O2. The highest BCUT2D eigenvalue weighted by Crippen LogP contribution is 1.97. The summed E-state index contributed by atoms with van der Waals surface area (Å²) in [5.74, 6) is -0.254. The van der Waals surface area contributed by atoms with E-state index in [1.165, 1.54) is 0 Å². The summed E-state index contributed by atoms with van der Waals surface area (Å²) >= 11 is 0. The first-order valence-corrected chi connectivity index (χ1v) is 5.06. The van der Waals surface area contributed by atoms with Crippen molar-refractivity contribution in [3.05, 3.63) is 0 Å². The number of hydrogen-bond donors (Lipinski definition) is 3. The molecule has 0 saturated carbocycles. The summed E-state index contributed by atoms with van der Waals surface area (Å²) < 4.78 is 0. The van der Waals surface area contributed by atoms with E-state index in [9.17, 15) is 9.59 Å². The number of amides is 2. The van der Waals surface area contributed by atoms with Gasteiger partial charge in [0.05, 0.1) is 6.42 Å². The lowest BCUT2D eigenvalue weighted by Crippen LogP contribution is -2.43. The van der Waals surface area contributed by atoms with Crippen LogP contribution in [0.1, 0.15) is 12.8 Å². The van der Waals surface area contributed by atoms with Crippen molar-refractivity contribution in [1.82, 2.24) is 21.1 Å². The van der Waals surface area contributed by atoms with Gasteiger partial charge in [0.15, 0.2) is 0 Å². The van der Waals surface area contributed by atoms with E-state index in [-0.39, 0.29) is 18.2 Å². The van der Waals surface area contributed by atoms with Crippen molar-refractivity contribution in [1.29, 1.82) is 0 Å².